The molecule has 1 aromatic heterocycles. The number of hydrogen-bond donors (Lipinski definition) is 3. The lowest BCUT2D eigenvalue weighted by atomic mass is 10.2. The monoisotopic (exact) mass is 225 g/mol. The van der Waals surface area contributed by atoms with Gasteiger partial charge in [-0.15, -0.1) is 0 Å². The van der Waals surface area contributed by atoms with E-state index in [-0.39, 0.29) is 5.91 Å². The van der Waals surface area contributed by atoms with E-state index in [0.717, 1.165) is 18.5 Å². The Morgan fingerprint density at radius 3 is 3.06 bits per heavy atom. The van der Waals surface area contributed by atoms with Crippen molar-refractivity contribution in [1.29, 1.82) is 0 Å². The Morgan fingerprint density at radius 2 is 2.44 bits per heavy atom. The van der Waals surface area contributed by atoms with Gasteiger partial charge in [0, 0.05) is 12.2 Å². The molecule has 3 N–H and O–H groups in total. The van der Waals surface area contributed by atoms with Crippen LogP contribution in [-0.4, -0.2) is 33.9 Å². The lowest BCUT2D eigenvalue weighted by Crippen LogP contribution is -2.26. The summed E-state index contributed by atoms with van der Waals surface area (Å²) in [6, 6.07) is 1.77. The number of H-pyrrole nitrogens is 1. The zero-order valence-electron chi connectivity index (χ0n) is 9.79. The molecular weight excluding hydrogens is 206 g/mol. The molecule has 0 spiro atoms. The topological polar surface area (TPSA) is 78.0 Å². The van der Waals surface area contributed by atoms with Gasteiger partial charge in [-0.1, -0.05) is 13.3 Å². The van der Waals surface area contributed by atoms with Gasteiger partial charge in [0.15, 0.2) is 0 Å². The zero-order chi connectivity index (χ0) is 12.0. The molecule has 1 aromatic rings. The van der Waals surface area contributed by atoms with Gasteiger partial charge in [0.1, 0.15) is 5.69 Å². The van der Waals surface area contributed by atoms with Gasteiger partial charge in [-0.2, -0.15) is 5.10 Å². The van der Waals surface area contributed by atoms with Crippen molar-refractivity contribution in [1.82, 2.24) is 15.5 Å². The molecule has 0 aromatic carbocycles. The standard InChI is InChI=1S/C11H19N3O2/c1-3-4-9-7-10(14-13-9)11(16)12-6-5-8(2)15/h7-8,15H,3-6H2,1-2H3,(H,12,16)(H,13,14). The molecule has 5 nitrogen and oxygen atoms in total. The maximum Gasteiger partial charge on any atom is 0.271 e. The van der Waals surface area contributed by atoms with Crippen LogP contribution in [0.1, 0.15) is 42.9 Å². The van der Waals surface area contributed by atoms with Crippen LogP contribution in [-0.2, 0) is 6.42 Å². The average molecular weight is 225 g/mol. The van der Waals surface area contributed by atoms with Crippen molar-refractivity contribution in [3.8, 4) is 0 Å². The van der Waals surface area contributed by atoms with Crippen molar-refractivity contribution in [2.75, 3.05) is 6.54 Å². The van der Waals surface area contributed by atoms with Crippen molar-refractivity contribution < 1.29 is 9.90 Å². The van der Waals surface area contributed by atoms with Gasteiger partial charge in [0.25, 0.3) is 5.91 Å². The number of aryl methyl sites for hydroxylation is 1. The van der Waals surface area contributed by atoms with Crippen LogP contribution in [0.4, 0.5) is 0 Å². The van der Waals surface area contributed by atoms with E-state index < -0.39 is 6.10 Å². The number of carbonyl (C=O) groups is 1. The molecule has 0 saturated carbocycles. The first-order chi connectivity index (χ1) is 7.63. The highest BCUT2D eigenvalue weighted by Gasteiger charge is 2.09. The first-order valence-corrected chi connectivity index (χ1v) is 5.64. The first kappa shape index (κ1) is 12.7. The Labute approximate surface area is 95.3 Å². The summed E-state index contributed by atoms with van der Waals surface area (Å²) in [7, 11) is 0. The molecule has 1 heterocycles. The summed E-state index contributed by atoms with van der Waals surface area (Å²) in [5.74, 6) is -0.195. The predicted octanol–water partition coefficient (Wildman–Crippen LogP) is 0.863. The second-order valence-electron chi connectivity index (χ2n) is 3.92. The second-order valence-corrected chi connectivity index (χ2v) is 3.92. The van der Waals surface area contributed by atoms with Gasteiger partial charge in [-0.3, -0.25) is 9.89 Å². The highest BCUT2D eigenvalue weighted by molar-refractivity contribution is 5.92. The molecule has 0 aliphatic carbocycles. The van der Waals surface area contributed by atoms with Gasteiger partial charge in [0.2, 0.25) is 0 Å². The van der Waals surface area contributed by atoms with Crippen LogP contribution in [0.15, 0.2) is 6.07 Å². The lowest BCUT2D eigenvalue weighted by Gasteiger charge is -2.04. The quantitative estimate of drug-likeness (QED) is 0.672. The molecule has 1 amide bonds. The number of nitrogens with zero attached hydrogens (tertiary/aromatic N) is 1. The summed E-state index contributed by atoms with van der Waals surface area (Å²) in [5.41, 5.74) is 1.39. The van der Waals surface area contributed by atoms with Gasteiger partial charge < -0.3 is 10.4 Å². The number of hydrogen-bond acceptors (Lipinski definition) is 3. The Kier molecular flexibility index (Phi) is 4.98. The van der Waals surface area contributed by atoms with Gasteiger partial charge in [-0.25, -0.2) is 0 Å². The van der Waals surface area contributed by atoms with Crippen LogP contribution in [0.25, 0.3) is 0 Å². The number of aliphatic hydroxyl groups excluding tert-OH is 1. The van der Waals surface area contributed by atoms with Crippen LogP contribution in [0.2, 0.25) is 0 Å². The summed E-state index contributed by atoms with van der Waals surface area (Å²) in [6.45, 7) is 4.23. The van der Waals surface area contributed by atoms with E-state index in [4.69, 9.17) is 5.11 Å². The van der Waals surface area contributed by atoms with Crippen LogP contribution >= 0.6 is 0 Å². The van der Waals surface area contributed by atoms with Crippen LogP contribution < -0.4 is 5.32 Å². The Hall–Kier alpha value is -1.36. The number of aromatic nitrogens is 2. The zero-order valence-corrected chi connectivity index (χ0v) is 9.79. The Balaban J connectivity index is 2.40. The fourth-order valence-corrected chi connectivity index (χ4v) is 1.36. The minimum Gasteiger partial charge on any atom is -0.393 e. The van der Waals surface area contributed by atoms with E-state index in [1.54, 1.807) is 13.0 Å². The summed E-state index contributed by atoms with van der Waals surface area (Å²) >= 11 is 0. The first-order valence-electron chi connectivity index (χ1n) is 5.64. The molecule has 0 bridgehead atoms. The van der Waals surface area contributed by atoms with E-state index in [1.165, 1.54) is 0 Å². The molecule has 90 valence electrons. The lowest BCUT2D eigenvalue weighted by molar-refractivity contribution is 0.0940. The molecule has 0 radical (unpaired) electrons. The van der Waals surface area contributed by atoms with Crippen molar-refractivity contribution in [2.45, 2.75) is 39.2 Å². The third-order valence-corrected chi connectivity index (χ3v) is 2.23. The highest BCUT2D eigenvalue weighted by atomic mass is 16.3. The Morgan fingerprint density at radius 1 is 1.69 bits per heavy atom. The molecule has 0 saturated heterocycles. The minimum atomic E-state index is -0.393. The highest BCUT2D eigenvalue weighted by Crippen LogP contribution is 2.02. The van der Waals surface area contributed by atoms with Gasteiger partial charge in [-0.05, 0) is 25.8 Å². The summed E-state index contributed by atoms with van der Waals surface area (Å²) in [4.78, 5) is 11.6. The van der Waals surface area contributed by atoms with E-state index in [0.29, 0.717) is 18.7 Å². The molecule has 0 fully saturated rings. The second kappa shape index (κ2) is 6.27. The smallest absolute Gasteiger partial charge is 0.271 e. The molecule has 5 heteroatoms. The summed E-state index contributed by atoms with van der Waals surface area (Å²) in [6.07, 6.45) is 2.08. The van der Waals surface area contributed by atoms with E-state index in [2.05, 4.69) is 22.4 Å². The normalized spacial score (nSPS) is 12.4. The van der Waals surface area contributed by atoms with Gasteiger partial charge >= 0.3 is 0 Å². The molecule has 0 aliphatic rings. The molecule has 16 heavy (non-hydrogen) atoms. The van der Waals surface area contributed by atoms with Crippen LogP contribution in [0.5, 0.6) is 0 Å². The number of nitrogens with one attached hydrogen (secondary N) is 2. The molecule has 0 aliphatic heterocycles. The number of aromatic amines is 1. The van der Waals surface area contributed by atoms with Crippen molar-refractivity contribution in [2.24, 2.45) is 0 Å². The molecule has 1 atom stereocenters. The predicted molar refractivity (Wildman–Crippen MR) is 61.2 cm³/mol. The average Bonchev–Trinajstić information content (AvgIpc) is 2.66. The number of carbonyl (C=O) groups excluding carboxylic acids is 1. The van der Waals surface area contributed by atoms with Crippen LogP contribution in [0, 0.1) is 0 Å². The third-order valence-electron chi connectivity index (χ3n) is 2.23. The molecular formula is C11H19N3O2. The van der Waals surface area contributed by atoms with E-state index >= 15 is 0 Å². The van der Waals surface area contributed by atoms with E-state index in [1.807, 2.05) is 0 Å². The van der Waals surface area contributed by atoms with Gasteiger partial charge in [0.05, 0.1) is 6.10 Å². The molecule has 1 unspecified atom stereocenters. The summed E-state index contributed by atoms with van der Waals surface area (Å²) < 4.78 is 0. The minimum absolute atomic E-state index is 0.195. The number of aliphatic hydroxyl groups is 1. The summed E-state index contributed by atoms with van der Waals surface area (Å²) in [5, 5.41) is 18.5. The fraction of sp³-hybridized carbons (Fsp3) is 0.636. The number of rotatable bonds is 6. The SMILES string of the molecule is CCCc1cc(C(=O)NCCC(C)O)n[nH]1. The van der Waals surface area contributed by atoms with Crippen molar-refractivity contribution >= 4 is 5.91 Å². The van der Waals surface area contributed by atoms with Crippen LogP contribution in [0.3, 0.4) is 0 Å². The number of amides is 1. The van der Waals surface area contributed by atoms with Crippen molar-refractivity contribution in [3.05, 3.63) is 17.5 Å². The van der Waals surface area contributed by atoms with Crippen molar-refractivity contribution in [3.63, 3.8) is 0 Å². The van der Waals surface area contributed by atoms with E-state index in [9.17, 15) is 4.79 Å². The third kappa shape index (κ3) is 4.02. The fourth-order valence-electron chi connectivity index (χ4n) is 1.36. The maximum absolute atomic E-state index is 11.6. The Bertz CT molecular complexity index is 334. The largest absolute Gasteiger partial charge is 0.393 e. The molecule has 1 rings (SSSR count). The maximum atomic E-state index is 11.6.